The van der Waals surface area contributed by atoms with Gasteiger partial charge in [0.15, 0.2) is 0 Å². The summed E-state index contributed by atoms with van der Waals surface area (Å²) in [6, 6.07) is 3.73. The van der Waals surface area contributed by atoms with Crippen molar-refractivity contribution in [1.82, 2.24) is 4.31 Å². The standard InChI is InChI=1S/C12H14ClNO6S/c1-14(6-5-11(15)16)21(18,19)10-7-8(13)3-4-9(10)12(17)20-2/h3-4,7H,5-6H2,1-2H3,(H,15,16). The third-order valence-electron chi connectivity index (χ3n) is 2.68. The number of halogens is 1. The molecule has 0 radical (unpaired) electrons. The lowest BCUT2D eigenvalue weighted by Crippen LogP contribution is -2.30. The Morgan fingerprint density at radius 2 is 2.00 bits per heavy atom. The van der Waals surface area contributed by atoms with Crippen LogP contribution in [0.2, 0.25) is 5.02 Å². The van der Waals surface area contributed by atoms with Gasteiger partial charge in [0.05, 0.1) is 24.0 Å². The summed E-state index contributed by atoms with van der Waals surface area (Å²) < 4.78 is 30.2. The quantitative estimate of drug-likeness (QED) is 0.784. The monoisotopic (exact) mass is 335 g/mol. The second-order valence-electron chi connectivity index (χ2n) is 4.10. The SMILES string of the molecule is COC(=O)c1ccc(Cl)cc1S(=O)(=O)N(C)CCC(=O)O. The molecule has 0 heterocycles. The van der Waals surface area contributed by atoms with Gasteiger partial charge in [0.2, 0.25) is 10.0 Å². The number of nitrogens with zero attached hydrogens (tertiary/aromatic N) is 1. The molecule has 0 saturated carbocycles. The number of rotatable bonds is 6. The fourth-order valence-corrected chi connectivity index (χ4v) is 3.14. The molecule has 0 aliphatic carbocycles. The average molecular weight is 336 g/mol. The number of methoxy groups -OCH3 is 1. The van der Waals surface area contributed by atoms with Gasteiger partial charge >= 0.3 is 11.9 Å². The number of ether oxygens (including phenoxy) is 1. The number of sulfonamides is 1. The molecule has 0 aliphatic rings. The molecule has 116 valence electrons. The Balaban J connectivity index is 3.26. The van der Waals surface area contributed by atoms with E-state index in [0.717, 1.165) is 17.5 Å². The topological polar surface area (TPSA) is 101 Å². The highest BCUT2D eigenvalue weighted by Crippen LogP contribution is 2.24. The van der Waals surface area contributed by atoms with E-state index in [0.29, 0.717) is 0 Å². The molecule has 0 bridgehead atoms. The van der Waals surface area contributed by atoms with Gasteiger partial charge in [-0.3, -0.25) is 4.79 Å². The normalized spacial score (nSPS) is 11.4. The molecule has 1 rings (SSSR count). The Kier molecular flexibility index (Phi) is 5.70. The van der Waals surface area contributed by atoms with Gasteiger partial charge in [0.25, 0.3) is 0 Å². The van der Waals surface area contributed by atoms with E-state index in [4.69, 9.17) is 16.7 Å². The van der Waals surface area contributed by atoms with Crippen LogP contribution in [-0.4, -0.2) is 50.5 Å². The van der Waals surface area contributed by atoms with Crippen molar-refractivity contribution in [2.45, 2.75) is 11.3 Å². The lowest BCUT2D eigenvalue weighted by molar-refractivity contribution is -0.137. The minimum absolute atomic E-state index is 0.132. The van der Waals surface area contributed by atoms with Crippen molar-refractivity contribution in [1.29, 1.82) is 0 Å². The summed E-state index contributed by atoms with van der Waals surface area (Å²) >= 11 is 5.77. The first-order valence-electron chi connectivity index (χ1n) is 5.76. The summed E-state index contributed by atoms with van der Waals surface area (Å²) in [4.78, 5) is 21.8. The van der Waals surface area contributed by atoms with Gasteiger partial charge in [-0.15, -0.1) is 0 Å². The molecule has 1 N–H and O–H groups in total. The molecule has 0 aromatic heterocycles. The van der Waals surface area contributed by atoms with Crippen LogP contribution < -0.4 is 0 Å². The maximum Gasteiger partial charge on any atom is 0.339 e. The Hall–Kier alpha value is -1.64. The average Bonchev–Trinajstić information content (AvgIpc) is 2.43. The highest BCUT2D eigenvalue weighted by molar-refractivity contribution is 7.89. The van der Waals surface area contributed by atoms with Crippen LogP contribution in [0.4, 0.5) is 0 Å². The van der Waals surface area contributed by atoms with Gasteiger partial charge in [-0.05, 0) is 18.2 Å². The Morgan fingerprint density at radius 3 is 2.52 bits per heavy atom. The summed E-state index contributed by atoms with van der Waals surface area (Å²) in [6.07, 6.45) is -0.357. The summed E-state index contributed by atoms with van der Waals surface area (Å²) in [5.74, 6) is -1.95. The molecular formula is C12H14ClNO6S. The second kappa shape index (κ2) is 6.88. The minimum atomic E-state index is -4.06. The first-order valence-corrected chi connectivity index (χ1v) is 7.58. The van der Waals surface area contributed by atoms with E-state index in [1.165, 1.54) is 19.2 Å². The van der Waals surface area contributed by atoms with Gasteiger partial charge in [-0.2, -0.15) is 0 Å². The zero-order valence-electron chi connectivity index (χ0n) is 11.4. The van der Waals surface area contributed by atoms with Gasteiger partial charge in [0.1, 0.15) is 0 Å². The van der Waals surface area contributed by atoms with Crippen molar-refractivity contribution in [2.24, 2.45) is 0 Å². The molecular weight excluding hydrogens is 322 g/mol. The maximum absolute atomic E-state index is 12.4. The molecule has 1 aromatic rings. The van der Waals surface area contributed by atoms with Gasteiger partial charge in [-0.1, -0.05) is 11.6 Å². The van der Waals surface area contributed by atoms with E-state index < -0.39 is 22.0 Å². The predicted molar refractivity (Wildman–Crippen MR) is 74.9 cm³/mol. The molecule has 0 unspecified atom stereocenters. The van der Waals surface area contributed by atoms with Crippen molar-refractivity contribution < 1.29 is 27.9 Å². The third kappa shape index (κ3) is 4.16. The molecule has 0 spiro atoms. The Labute approximate surface area is 127 Å². The van der Waals surface area contributed by atoms with Crippen LogP contribution in [0.25, 0.3) is 0 Å². The minimum Gasteiger partial charge on any atom is -0.481 e. The number of benzene rings is 1. The molecule has 0 fully saturated rings. The van der Waals surface area contributed by atoms with Crippen LogP contribution in [0.3, 0.4) is 0 Å². The van der Waals surface area contributed by atoms with E-state index in [1.54, 1.807) is 0 Å². The molecule has 7 nitrogen and oxygen atoms in total. The second-order valence-corrected chi connectivity index (χ2v) is 6.55. The van der Waals surface area contributed by atoms with Gasteiger partial charge in [0, 0.05) is 18.6 Å². The van der Waals surface area contributed by atoms with E-state index in [1.807, 2.05) is 0 Å². The number of carbonyl (C=O) groups excluding carboxylic acids is 1. The molecule has 1 aromatic carbocycles. The van der Waals surface area contributed by atoms with E-state index in [2.05, 4.69) is 4.74 Å². The zero-order chi connectivity index (χ0) is 16.2. The van der Waals surface area contributed by atoms with Crippen LogP contribution >= 0.6 is 11.6 Å². The molecule has 0 amide bonds. The smallest absolute Gasteiger partial charge is 0.339 e. The van der Waals surface area contributed by atoms with E-state index in [9.17, 15) is 18.0 Å². The number of carboxylic acid groups (broad SMARTS) is 1. The number of aliphatic carboxylic acids is 1. The largest absolute Gasteiger partial charge is 0.481 e. The van der Waals surface area contributed by atoms with Crippen molar-refractivity contribution in [2.75, 3.05) is 20.7 Å². The lowest BCUT2D eigenvalue weighted by atomic mass is 10.2. The first-order chi connectivity index (χ1) is 9.70. The molecule has 0 atom stereocenters. The van der Waals surface area contributed by atoms with Crippen molar-refractivity contribution in [3.8, 4) is 0 Å². The summed E-state index contributed by atoms with van der Waals surface area (Å²) in [5.41, 5.74) is -0.163. The van der Waals surface area contributed by atoms with E-state index in [-0.39, 0.29) is 28.4 Å². The summed E-state index contributed by atoms with van der Waals surface area (Å²) in [7, 11) is -1.71. The molecule has 0 aliphatic heterocycles. The van der Waals surface area contributed by atoms with Crippen LogP contribution in [0.5, 0.6) is 0 Å². The van der Waals surface area contributed by atoms with Crippen molar-refractivity contribution in [3.63, 3.8) is 0 Å². The molecule has 0 saturated heterocycles. The zero-order valence-corrected chi connectivity index (χ0v) is 12.9. The highest BCUT2D eigenvalue weighted by atomic mass is 35.5. The number of hydrogen-bond donors (Lipinski definition) is 1. The third-order valence-corrected chi connectivity index (χ3v) is 4.81. The highest BCUT2D eigenvalue weighted by Gasteiger charge is 2.27. The first kappa shape index (κ1) is 17.4. The fraction of sp³-hybridized carbons (Fsp3) is 0.333. The van der Waals surface area contributed by atoms with Crippen LogP contribution in [0.1, 0.15) is 16.8 Å². The molecule has 21 heavy (non-hydrogen) atoms. The van der Waals surface area contributed by atoms with Gasteiger partial charge in [-0.25, -0.2) is 17.5 Å². The summed E-state index contributed by atoms with van der Waals surface area (Å²) in [6.45, 7) is -0.231. The number of carbonyl (C=O) groups is 2. The number of carboxylic acids is 1. The lowest BCUT2D eigenvalue weighted by Gasteiger charge is -2.18. The summed E-state index contributed by atoms with van der Waals surface area (Å²) in [5, 5.41) is 8.74. The predicted octanol–water partition coefficient (Wildman–Crippen LogP) is 1.22. The Bertz CT molecular complexity index is 658. The molecule has 9 heteroatoms. The van der Waals surface area contributed by atoms with Crippen molar-refractivity contribution >= 4 is 33.6 Å². The van der Waals surface area contributed by atoms with Crippen LogP contribution in [-0.2, 0) is 19.6 Å². The number of hydrogen-bond acceptors (Lipinski definition) is 5. The van der Waals surface area contributed by atoms with E-state index >= 15 is 0 Å². The van der Waals surface area contributed by atoms with Crippen LogP contribution in [0.15, 0.2) is 23.1 Å². The van der Waals surface area contributed by atoms with Gasteiger partial charge < -0.3 is 9.84 Å². The fourth-order valence-electron chi connectivity index (χ4n) is 1.53. The Morgan fingerprint density at radius 1 is 1.38 bits per heavy atom. The maximum atomic E-state index is 12.4. The van der Waals surface area contributed by atoms with Crippen LogP contribution in [0, 0.1) is 0 Å². The number of esters is 1. The van der Waals surface area contributed by atoms with Crippen molar-refractivity contribution in [3.05, 3.63) is 28.8 Å².